The first-order chi connectivity index (χ1) is 8.91. The third kappa shape index (κ3) is 3.57. The van der Waals surface area contributed by atoms with E-state index in [-0.39, 0.29) is 24.0 Å². The number of hydrogen-bond donors (Lipinski definition) is 0. The first kappa shape index (κ1) is 14.1. The Balaban J connectivity index is 2.18. The summed E-state index contributed by atoms with van der Waals surface area (Å²) < 4.78 is 66.3. The number of alkyl halides is 3. The first-order valence-corrected chi connectivity index (χ1v) is 5.55. The number of halogens is 4. The van der Waals surface area contributed by atoms with E-state index in [1.165, 1.54) is 7.11 Å². The third-order valence-electron chi connectivity index (χ3n) is 2.63. The van der Waals surface area contributed by atoms with Crippen molar-refractivity contribution in [1.82, 2.24) is 0 Å². The van der Waals surface area contributed by atoms with E-state index in [1.807, 2.05) is 0 Å². The van der Waals surface area contributed by atoms with E-state index in [1.54, 1.807) is 0 Å². The molecule has 1 aromatic carbocycles. The van der Waals surface area contributed by atoms with Crippen LogP contribution in [0.2, 0.25) is 0 Å². The highest BCUT2D eigenvalue weighted by molar-refractivity contribution is 5.31. The molecular formula is C12H12F4O3. The van der Waals surface area contributed by atoms with Crippen molar-refractivity contribution in [2.45, 2.75) is 18.4 Å². The van der Waals surface area contributed by atoms with Gasteiger partial charge in [0.1, 0.15) is 6.10 Å². The molecule has 0 spiro atoms. The molecule has 0 saturated carbocycles. The molecule has 3 nitrogen and oxygen atoms in total. The van der Waals surface area contributed by atoms with Gasteiger partial charge in [0.2, 0.25) is 0 Å². The maximum atomic E-state index is 13.4. The summed E-state index contributed by atoms with van der Waals surface area (Å²) in [6.07, 6.45) is -7.08. The van der Waals surface area contributed by atoms with Gasteiger partial charge in [-0.3, -0.25) is 0 Å². The molecule has 1 aliphatic rings. The molecule has 19 heavy (non-hydrogen) atoms. The molecule has 1 fully saturated rings. The molecule has 1 aromatic rings. The number of rotatable bonds is 5. The third-order valence-corrected chi connectivity index (χ3v) is 2.63. The topological polar surface area (TPSA) is 31.0 Å². The lowest BCUT2D eigenvalue weighted by Crippen LogP contribution is -2.25. The average molecular weight is 280 g/mol. The lowest BCUT2D eigenvalue weighted by molar-refractivity contribution is -0.224. The second kappa shape index (κ2) is 5.34. The van der Waals surface area contributed by atoms with Gasteiger partial charge in [-0.1, -0.05) is 6.07 Å². The first-order valence-electron chi connectivity index (χ1n) is 5.55. The van der Waals surface area contributed by atoms with Crippen LogP contribution >= 0.6 is 0 Å². The fourth-order valence-corrected chi connectivity index (χ4v) is 1.59. The fraction of sp³-hybridized carbons (Fsp3) is 0.500. The van der Waals surface area contributed by atoms with Gasteiger partial charge in [-0.15, -0.1) is 0 Å². The Hall–Kier alpha value is -1.34. The highest BCUT2D eigenvalue weighted by Gasteiger charge is 2.43. The summed E-state index contributed by atoms with van der Waals surface area (Å²) in [5.74, 6) is -0.976. The maximum Gasteiger partial charge on any atom is 0.418 e. The lowest BCUT2D eigenvalue weighted by atomic mass is 10.1. The van der Waals surface area contributed by atoms with Gasteiger partial charge in [-0.25, -0.2) is 4.39 Å². The highest BCUT2D eigenvalue weighted by Crippen LogP contribution is 2.37. The number of ether oxygens (including phenoxy) is 3. The van der Waals surface area contributed by atoms with E-state index in [9.17, 15) is 17.6 Å². The molecule has 2 rings (SSSR count). The molecule has 1 heterocycles. The quantitative estimate of drug-likeness (QED) is 0.614. The predicted octanol–water partition coefficient (Wildman–Crippen LogP) is 2.85. The Morgan fingerprint density at radius 2 is 2.11 bits per heavy atom. The van der Waals surface area contributed by atoms with Crippen molar-refractivity contribution < 1.29 is 31.8 Å². The van der Waals surface area contributed by atoms with Crippen LogP contribution in [0.15, 0.2) is 18.2 Å². The zero-order valence-electron chi connectivity index (χ0n) is 10.0. The zero-order valence-corrected chi connectivity index (χ0v) is 10.0. The fourth-order valence-electron chi connectivity index (χ4n) is 1.59. The van der Waals surface area contributed by atoms with E-state index >= 15 is 0 Å². The summed E-state index contributed by atoms with van der Waals surface area (Å²) in [6, 6.07) is 3.04. The van der Waals surface area contributed by atoms with Gasteiger partial charge in [0.05, 0.1) is 20.3 Å². The van der Waals surface area contributed by atoms with Crippen LogP contribution in [0.1, 0.15) is 11.7 Å². The van der Waals surface area contributed by atoms with Crippen molar-refractivity contribution in [2.75, 3.05) is 20.3 Å². The van der Waals surface area contributed by atoms with Crippen LogP contribution in [-0.2, 0) is 9.47 Å². The van der Waals surface area contributed by atoms with Crippen LogP contribution in [0.4, 0.5) is 17.6 Å². The van der Waals surface area contributed by atoms with Gasteiger partial charge in [-0.05, 0) is 17.7 Å². The Labute approximate surface area is 107 Å². The molecule has 1 aliphatic heterocycles. The highest BCUT2D eigenvalue weighted by atomic mass is 19.4. The Morgan fingerprint density at radius 3 is 2.58 bits per heavy atom. The predicted molar refractivity (Wildman–Crippen MR) is 57.4 cm³/mol. The molecule has 0 N–H and O–H groups in total. The van der Waals surface area contributed by atoms with Crippen LogP contribution in [0.25, 0.3) is 0 Å². The van der Waals surface area contributed by atoms with Gasteiger partial charge in [0.15, 0.2) is 17.7 Å². The molecular weight excluding hydrogens is 268 g/mol. The van der Waals surface area contributed by atoms with Crippen LogP contribution in [0.5, 0.6) is 5.75 Å². The lowest BCUT2D eigenvalue weighted by Gasteiger charge is -2.21. The second-order valence-corrected chi connectivity index (χ2v) is 4.10. The molecule has 2 atom stereocenters. The Morgan fingerprint density at radius 1 is 1.42 bits per heavy atom. The number of epoxide rings is 1. The van der Waals surface area contributed by atoms with E-state index in [2.05, 4.69) is 4.74 Å². The maximum absolute atomic E-state index is 13.4. The van der Waals surface area contributed by atoms with Crippen LogP contribution in [0, 0.1) is 5.82 Å². The summed E-state index contributed by atoms with van der Waals surface area (Å²) in [6.45, 7) is 0.222. The van der Waals surface area contributed by atoms with Gasteiger partial charge < -0.3 is 14.2 Å². The second-order valence-electron chi connectivity index (χ2n) is 4.10. The van der Waals surface area contributed by atoms with Gasteiger partial charge in [-0.2, -0.15) is 13.2 Å². The molecule has 7 heteroatoms. The van der Waals surface area contributed by atoms with E-state index in [0.717, 1.165) is 18.2 Å². The van der Waals surface area contributed by atoms with Crippen LogP contribution in [-0.4, -0.2) is 32.6 Å². The van der Waals surface area contributed by atoms with Crippen molar-refractivity contribution in [3.8, 4) is 5.75 Å². The summed E-state index contributed by atoms with van der Waals surface area (Å²) in [5, 5.41) is 0. The molecule has 106 valence electrons. The SMILES string of the molecule is COc1ccc([C@@H](OC[C@H]2CO2)C(F)(F)F)cc1F. The Bertz CT molecular complexity index is 443. The van der Waals surface area contributed by atoms with Crippen molar-refractivity contribution in [3.05, 3.63) is 29.6 Å². The van der Waals surface area contributed by atoms with Crippen molar-refractivity contribution in [3.63, 3.8) is 0 Å². The standard InChI is InChI=1S/C12H12F4O3/c1-17-10-3-2-7(4-9(10)13)11(12(14,15)16)19-6-8-5-18-8/h2-4,8,11H,5-6H2,1H3/t8-,11-/m1/s1. The summed E-state index contributed by atoms with van der Waals surface area (Å²) in [7, 11) is 1.24. The van der Waals surface area contributed by atoms with E-state index < -0.39 is 18.1 Å². The van der Waals surface area contributed by atoms with Crippen molar-refractivity contribution in [2.24, 2.45) is 0 Å². The minimum absolute atomic E-state index is 0.116. The van der Waals surface area contributed by atoms with E-state index in [4.69, 9.17) is 9.47 Å². The molecule has 0 amide bonds. The molecule has 0 aromatic heterocycles. The summed E-state index contributed by atoms with van der Waals surface area (Å²) >= 11 is 0. The van der Waals surface area contributed by atoms with Crippen molar-refractivity contribution in [1.29, 1.82) is 0 Å². The normalized spacial score (nSPS) is 20.2. The van der Waals surface area contributed by atoms with Gasteiger partial charge in [0.25, 0.3) is 0 Å². The average Bonchev–Trinajstić information content (AvgIpc) is 3.12. The molecule has 0 aliphatic carbocycles. The molecule has 1 saturated heterocycles. The van der Waals surface area contributed by atoms with E-state index in [0.29, 0.717) is 6.61 Å². The minimum atomic E-state index is -4.62. The minimum Gasteiger partial charge on any atom is -0.494 e. The van der Waals surface area contributed by atoms with Crippen LogP contribution < -0.4 is 4.74 Å². The van der Waals surface area contributed by atoms with Gasteiger partial charge >= 0.3 is 6.18 Å². The van der Waals surface area contributed by atoms with Crippen molar-refractivity contribution >= 4 is 0 Å². The van der Waals surface area contributed by atoms with Crippen LogP contribution in [0.3, 0.4) is 0 Å². The summed E-state index contributed by atoms with van der Waals surface area (Å²) in [4.78, 5) is 0. The number of hydrogen-bond acceptors (Lipinski definition) is 3. The Kier molecular flexibility index (Phi) is 3.96. The molecule has 0 radical (unpaired) electrons. The smallest absolute Gasteiger partial charge is 0.418 e. The number of methoxy groups -OCH3 is 1. The monoisotopic (exact) mass is 280 g/mol. The number of benzene rings is 1. The largest absolute Gasteiger partial charge is 0.494 e. The summed E-state index contributed by atoms with van der Waals surface area (Å²) in [5.41, 5.74) is -0.300. The molecule has 0 unspecified atom stereocenters. The zero-order chi connectivity index (χ0) is 14.0. The molecule has 0 bridgehead atoms. The van der Waals surface area contributed by atoms with Gasteiger partial charge in [0, 0.05) is 0 Å².